The smallest absolute Gasteiger partial charge is 0.345 e. The molecule has 0 fully saturated rings. The number of ether oxygens (including phenoxy) is 1. The van der Waals surface area contributed by atoms with Crippen LogP contribution in [0.25, 0.3) is 21.7 Å². The molecule has 0 radical (unpaired) electrons. The molecule has 5 aromatic rings. The topological polar surface area (TPSA) is 85.4 Å². The van der Waals surface area contributed by atoms with Crippen molar-refractivity contribution in [2.45, 2.75) is 4.90 Å². The predicted octanol–water partition coefficient (Wildman–Crippen LogP) is 5.41. The maximum atomic E-state index is 13.1. The second-order valence-corrected chi connectivity index (χ2v) is 9.06. The number of carbonyl (C=O) groups is 1. The van der Waals surface area contributed by atoms with Gasteiger partial charge >= 0.3 is 5.97 Å². The zero-order valence-electron chi connectivity index (χ0n) is 17.3. The van der Waals surface area contributed by atoms with Gasteiger partial charge in [-0.1, -0.05) is 60.7 Å². The quantitative estimate of drug-likeness (QED) is 0.284. The molecule has 6 nitrogen and oxygen atoms in total. The third-order valence-corrected chi connectivity index (χ3v) is 6.58. The number of benzene rings is 4. The molecular weight excluding hydrogens is 436 g/mol. The molecule has 0 unspecified atom stereocenters. The van der Waals surface area contributed by atoms with Gasteiger partial charge in [0.15, 0.2) is 5.75 Å². The van der Waals surface area contributed by atoms with E-state index in [0.29, 0.717) is 11.3 Å². The fourth-order valence-corrected chi connectivity index (χ4v) is 4.72. The third kappa shape index (κ3) is 4.14. The summed E-state index contributed by atoms with van der Waals surface area (Å²) in [6.07, 6.45) is 1.62. The molecule has 0 aliphatic rings. The van der Waals surface area contributed by atoms with Gasteiger partial charge in [-0.15, -0.1) is 0 Å². The molecule has 0 atom stereocenters. The molecule has 1 N–H and O–H groups in total. The molecule has 0 aliphatic carbocycles. The van der Waals surface area contributed by atoms with Crippen LogP contribution in [0.15, 0.2) is 108 Å². The van der Waals surface area contributed by atoms with Crippen molar-refractivity contribution in [1.82, 2.24) is 4.98 Å². The van der Waals surface area contributed by atoms with Crippen LogP contribution in [0.2, 0.25) is 0 Å². The fraction of sp³-hybridized carbons (Fsp3) is 0. The standard InChI is InChI=1S/C26H18N2O4S/c29-26(32-24-13-5-9-19-10-6-16-27-25(19)24)22-11-3-4-12-23(22)28-33(30,31)21-15-14-18-7-1-2-8-20(18)17-21/h1-17,28H. The highest BCUT2D eigenvalue weighted by Gasteiger charge is 2.20. The molecule has 0 saturated heterocycles. The van der Waals surface area contributed by atoms with Crippen LogP contribution < -0.4 is 9.46 Å². The number of aromatic nitrogens is 1. The number of pyridine rings is 1. The van der Waals surface area contributed by atoms with E-state index < -0.39 is 16.0 Å². The number of sulfonamides is 1. The highest BCUT2D eigenvalue weighted by Crippen LogP contribution is 2.27. The minimum Gasteiger partial charge on any atom is -0.421 e. The molecule has 0 spiro atoms. The Hall–Kier alpha value is -4.23. The Morgan fingerprint density at radius 3 is 2.36 bits per heavy atom. The summed E-state index contributed by atoms with van der Waals surface area (Å²) in [4.78, 5) is 17.4. The van der Waals surface area contributed by atoms with E-state index in [-0.39, 0.29) is 16.1 Å². The minimum atomic E-state index is -3.94. The van der Waals surface area contributed by atoms with E-state index >= 15 is 0 Å². The first kappa shape index (κ1) is 20.7. The summed E-state index contributed by atoms with van der Waals surface area (Å²) in [5.41, 5.74) is 0.765. The highest BCUT2D eigenvalue weighted by molar-refractivity contribution is 7.92. The first-order chi connectivity index (χ1) is 16.0. The maximum Gasteiger partial charge on any atom is 0.345 e. The normalized spacial score (nSPS) is 11.4. The van der Waals surface area contributed by atoms with Crippen molar-refractivity contribution in [1.29, 1.82) is 0 Å². The van der Waals surface area contributed by atoms with Crippen LogP contribution in [0.4, 0.5) is 5.69 Å². The zero-order valence-corrected chi connectivity index (χ0v) is 18.1. The SMILES string of the molecule is O=C(Oc1cccc2cccnc12)c1ccccc1NS(=O)(=O)c1ccc2ccccc2c1. The molecule has 7 heteroatoms. The first-order valence-corrected chi connectivity index (χ1v) is 11.7. The van der Waals surface area contributed by atoms with Crippen molar-refractivity contribution < 1.29 is 17.9 Å². The van der Waals surface area contributed by atoms with Crippen LogP contribution in [0.3, 0.4) is 0 Å². The number of anilines is 1. The van der Waals surface area contributed by atoms with Crippen molar-refractivity contribution in [3.63, 3.8) is 0 Å². The third-order valence-electron chi connectivity index (χ3n) is 5.22. The van der Waals surface area contributed by atoms with Crippen LogP contribution in [-0.2, 0) is 10.0 Å². The van der Waals surface area contributed by atoms with Crippen molar-refractivity contribution in [2.75, 3.05) is 4.72 Å². The van der Waals surface area contributed by atoms with Crippen molar-refractivity contribution >= 4 is 43.4 Å². The van der Waals surface area contributed by atoms with Gasteiger partial charge in [-0.25, -0.2) is 13.2 Å². The lowest BCUT2D eigenvalue weighted by molar-refractivity contribution is 0.0738. The summed E-state index contributed by atoms with van der Waals surface area (Å²) in [5.74, 6) is -0.393. The number of nitrogens with one attached hydrogen (secondary N) is 1. The Balaban J connectivity index is 1.46. The number of para-hydroxylation sites is 2. The number of hydrogen-bond acceptors (Lipinski definition) is 5. The molecule has 33 heavy (non-hydrogen) atoms. The summed E-state index contributed by atoms with van der Waals surface area (Å²) >= 11 is 0. The number of esters is 1. The average molecular weight is 455 g/mol. The van der Waals surface area contributed by atoms with E-state index in [4.69, 9.17) is 4.74 Å². The highest BCUT2D eigenvalue weighted by atomic mass is 32.2. The lowest BCUT2D eigenvalue weighted by Gasteiger charge is -2.13. The van der Waals surface area contributed by atoms with E-state index in [0.717, 1.165) is 16.2 Å². The largest absolute Gasteiger partial charge is 0.421 e. The van der Waals surface area contributed by atoms with Crippen LogP contribution in [0.1, 0.15) is 10.4 Å². The Morgan fingerprint density at radius 2 is 1.48 bits per heavy atom. The van der Waals surface area contributed by atoms with Gasteiger partial charge < -0.3 is 4.74 Å². The monoisotopic (exact) mass is 454 g/mol. The molecule has 0 saturated carbocycles. The lowest BCUT2D eigenvalue weighted by Crippen LogP contribution is -2.17. The van der Waals surface area contributed by atoms with Crippen LogP contribution in [-0.4, -0.2) is 19.4 Å². The van der Waals surface area contributed by atoms with E-state index in [1.807, 2.05) is 36.4 Å². The van der Waals surface area contributed by atoms with E-state index in [9.17, 15) is 13.2 Å². The summed E-state index contributed by atoms with van der Waals surface area (Å²) in [6.45, 7) is 0. The van der Waals surface area contributed by atoms with Crippen molar-refractivity contribution in [3.05, 3.63) is 109 Å². The molecule has 1 aromatic heterocycles. The van der Waals surface area contributed by atoms with Gasteiger partial charge in [0.25, 0.3) is 10.0 Å². The molecule has 0 aliphatic heterocycles. The Morgan fingerprint density at radius 1 is 0.758 bits per heavy atom. The van der Waals surface area contributed by atoms with Gasteiger partial charge in [-0.05, 0) is 47.2 Å². The molecule has 4 aromatic carbocycles. The zero-order chi connectivity index (χ0) is 22.8. The van der Waals surface area contributed by atoms with Gasteiger partial charge in [0.2, 0.25) is 0 Å². The van der Waals surface area contributed by atoms with Gasteiger partial charge in [-0.3, -0.25) is 9.71 Å². The molecule has 5 rings (SSSR count). The Labute approximate surface area is 190 Å². The number of nitrogens with zero attached hydrogens (tertiary/aromatic N) is 1. The van der Waals surface area contributed by atoms with Gasteiger partial charge in [-0.2, -0.15) is 0 Å². The summed E-state index contributed by atoms with van der Waals surface area (Å²) in [6, 6.07) is 27.6. The molecular formula is C26H18N2O4S. The molecule has 0 amide bonds. The van der Waals surface area contributed by atoms with Gasteiger partial charge in [0.1, 0.15) is 5.52 Å². The summed E-state index contributed by atoms with van der Waals surface area (Å²) < 4.78 is 34.3. The summed E-state index contributed by atoms with van der Waals surface area (Å²) in [7, 11) is -3.94. The molecule has 1 heterocycles. The van der Waals surface area contributed by atoms with Crippen molar-refractivity contribution in [3.8, 4) is 5.75 Å². The Bertz CT molecular complexity index is 1610. The average Bonchev–Trinajstić information content (AvgIpc) is 2.84. The number of rotatable bonds is 5. The van der Waals surface area contributed by atoms with Gasteiger partial charge in [0.05, 0.1) is 16.1 Å². The molecule has 0 bridgehead atoms. The molecule has 162 valence electrons. The Kier molecular flexibility index (Phi) is 5.24. The number of fused-ring (bicyclic) bond motifs is 2. The van der Waals surface area contributed by atoms with Gasteiger partial charge in [0, 0.05) is 11.6 Å². The minimum absolute atomic E-state index is 0.0924. The van der Waals surface area contributed by atoms with E-state index in [2.05, 4.69) is 9.71 Å². The van der Waals surface area contributed by atoms with Crippen molar-refractivity contribution in [2.24, 2.45) is 0 Å². The number of hydrogen-bond donors (Lipinski definition) is 1. The van der Waals surface area contributed by atoms with E-state index in [1.165, 1.54) is 18.2 Å². The lowest BCUT2D eigenvalue weighted by atomic mass is 10.1. The fourth-order valence-electron chi connectivity index (χ4n) is 3.60. The maximum absolute atomic E-state index is 13.1. The predicted molar refractivity (Wildman–Crippen MR) is 128 cm³/mol. The second-order valence-electron chi connectivity index (χ2n) is 7.38. The first-order valence-electron chi connectivity index (χ1n) is 10.2. The second kappa shape index (κ2) is 8.37. The van der Waals surface area contributed by atoms with Crippen LogP contribution >= 0.6 is 0 Å². The van der Waals surface area contributed by atoms with Crippen LogP contribution in [0.5, 0.6) is 5.75 Å². The van der Waals surface area contributed by atoms with E-state index in [1.54, 1.807) is 48.7 Å². The summed E-state index contributed by atoms with van der Waals surface area (Å²) in [5, 5.41) is 2.56. The van der Waals surface area contributed by atoms with Crippen LogP contribution in [0, 0.1) is 0 Å². The number of carbonyl (C=O) groups excluding carboxylic acids is 1.